The quantitative estimate of drug-likeness (QED) is 0.813. The van der Waals surface area contributed by atoms with Crippen molar-refractivity contribution in [1.82, 2.24) is 0 Å². The van der Waals surface area contributed by atoms with Gasteiger partial charge in [0.2, 0.25) is 0 Å². The zero-order valence-corrected chi connectivity index (χ0v) is 11.2. The van der Waals surface area contributed by atoms with E-state index in [1.165, 1.54) is 12.1 Å². The summed E-state index contributed by atoms with van der Waals surface area (Å²) in [5, 5.41) is 10.1. The molecular weight excluding hydrogens is 215 g/mol. The molecule has 0 heterocycles. The van der Waals surface area contributed by atoms with Crippen LogP contribution in [0, 0.1) is 24.6 Å². The third-order valence-electron chi connectivity index (χ3n) is 3.10. The zero-order chi connectivity index (χ0) is 13.0. The van der Waals surface area contributed by atoms with Crippen LogP contribution in [0.15, 0.2) is 18.2 Å². The summed E-state index contributed by atoms with van der Waals surface area (Å²) in [6.07, 6.45) is 1.23. The molecule has 0 aliphatic carbocycles. The topological polar surface area (TPSA) is 20.2 Å². The van der Waals surface area contributed by atoms with E-state index in [1.54, 1.807) is 6.07 Å². The van der Waals surface area contributed by atoms with Crippen molar-refractivity contribution >= 4 is 0 Å². The third kappa shape index (κ3) is 4.47. The van der Waals surface area contributed by atoms with Crippen molar-refractivity contribution in [3.05, 3.63) is 35.1 Å². The standard InChI is InChI=1S/C15H23FO/c1-10(2)7-11(3)8-15(17)14-9-13(16)6-5-12(14)4/h5-6,9-11,15,17H,7-8H2,1-4H3. The third-order valence-corrected chi connectivity index (χ3v) is 3.10. The average Bonchev–Trinajstić information content (AvgIpc) is 2.20. The average molecular weight is 238 g/mol. The van der Waals surface area contributed by atoms with E-state index >= 15 is 0 Å². The number of aliphatic hydroxyl groups is 1. The van der Waals surface area contributed by atoms with Crippen molar-refractivity contribution in [2.45, 2.75) is 46.6 Å². The second-order valence-corrected chi connectivity index (χ2v) is 5.49. The fraction of sp³-hybridized carbons (Fsp3) is 0.600. The Kier molecular flexibility index (Phi) is 5.13. The van der Waals surface area contributed by atoms with Crippen LogP contribution in [0.25, 0.3) is 0 Å². The van der Waals surface area contributed by atoms with Gasteiger partial charge >= 0.3 is 0 Å². The highest BCUT2D eigenvalue weighted by molar-refractivity contribution is 5.28. The van der Waals surface area contributed by atoms with Crippen LogP contribution in [0.2, 0.25) is 0 Å². The molecule has 0 amide bonds. The first-order valence-electron chi connectivity index (χ1n) is 6.34. The molecule has 0 radical (unpaired) electrons. The monoisotopic (exact) mass is 238 g/mol. The summed E-state index contributed by atoms with van der Waals surface area (Å²) < 4.78 is 13.1. The summed E-state index contributed by atoms with van der Waals surface area (Å²) in [5.74, 6) is 0.805. The van der Waals surface area contributed by atoms with Gasteiger partial charge in [0.1, 0.15) is 5.82 Å². The second-order valence-electron chi connectivity index (χ2n) is 5.49. The molecule has 0 saturated heterocycles. The summed E-state index contributed by atoms with van der Waals surface area (Å²) in [7, 11) is 0. The minimum atomic E-state index is -0.556. The van der Waals surface area contributed by atoms with E-state index in [0.29, 0.717) is 18.3 Å². The predicted molar refractivity (Wildman–Crippen MR) is 69.3 cm³/mol. The molecule has 0 bridgehead atoms. The van der Waals surface area contributed by atoms with E-state index in [4.69, 9.17) is 0 Å². The molecule has 96 valence electrons. The molecule has 1 aromatic rings. The molecule has 1 N–H and O–H groups in total. The van der Waals surface area contributed by atoms with E-state index in [0.717, 1.165) is 17.5 Å². The van der Waals surface area contributed by atoms with Gasteiger partial charge in [-0.15, -0.1) is 0 Å². The predicted octanol–water partition coefficient (Wildman–Crippen LogP) is 4.24. The van der Waals surface area contributed by atoms with Crippen molar-refractivity contribution < 1.29 is 9.50 Å². The largest absolute Gasteiger partial charge is 0.388 e. The molecular formula is C15H23FO. The first kappa shape index (κ1) is 14.2. The van der Waals surface area contributed by atoms with Crippen molar-refractivity contribution in [3.8, 4) is 0 Å². The summed E-state index contributed by atoms with van der Waals surface area (Å²) >= 11 is 0. The number of aryl methyl sites for hydroxylation is 1. The molecule has 0 saturated carbocycles. The van der Waals surface area contributed by atoms with Gasteiger partial charge in [-0.25, -0.2) is 4.39 Å². The minimum absolute atomic E-state index is 0.277. The Labute approximate surface area is 104 Å². The highest BCUT2D eigenvalue weighted by atomic mass is 19.1. The van der Waals surface area contributed by atoms with Crippen molar-refractivity contribution in [3.63, 3.8) is 0 Å². The molecule has 1 nitrogen and oxygen atoms in total. The molecule has 2 atom stereocenters. The van der Waals surface area contributed by atoms with Crippen molar-refractivity contribution in [2.75, 3.05) is 0 Å². The molecule has 0 aromatic heterocycles. The maximum atomic E-state index is 13.1. The molecule has 17 heavy (non-hydrogen) atoms. The fourth-order valence-corrected chi connectivity index (χ4v) is 2.38. The lowest BCUT2D eigenvalue weighted by atomic mass is 9.90. The molecule has 0 fully saturated rings. The molecule has 0 aliphatic rings. The normalized spacial score (nSPS) is 15.0. The van der Waals surface area contributed by atoms with E-state index < -0.39 is 6.10 Å². The van der Waals surface area contributed by atoms with Gasteiger partial charge < -0.3 is 5.11 Å². The number of rotatable bonds is 5. The van der Waals surface area contributed by atoms with Crippen LogP contribution in [-0.4, -0.2) is 5.11 Å². The molecule has 1 aromatic carbocycles. The number of aliphatic hydroxyl groups excluding tert-OH is 1. The van der Waals surface area contributed by atoms with Gasteiger partial charge in [-0.3, -0.25) is 0 Å². The van der Waals surface area contributed by atoms with Crippen LogP contribution in [0.3, 0.4) is 0 Å². The van der Waals surface area contributed by atoms with E-state index in [9.17, 15) is 9.50 Å². The Hall–Kier alpha value is -0.890. The Morgan fingerprint density at radius 3 is 2.41 bits per heavy atom. The number of hydrogen-bond donors (Lipinski definition) is 1. The van der Waals surface area contributed by atoms with Crippen LogP contribution >= 0.6 is 0 Å². The van der Waals surface area contributed by atoms with Gasteiger partial charge in [0.25, 0.3) is 0 Å². The van der Waals surface area contributed by atoms with Gasteiger partial charge in [-0.05, 0) is 54.9 Å². The summed E-state index contributed by atoms with van der Waals surface area (Å²) in [5.41, 5.74) is 1.68. The lowest BCUT2D eigenvalue weighted by Gasteiger charge is -2.19. The first-order valence-corrected chi connectivity index (χ1v) is 6.34. The van der Waals surface area contributed by atoms with Crippen molar-refractivity contribution in [1.29, 1.82) is 0 Å². The van der Waals surface area contributed by atoms with Crippen LogP contribution in [0.4, 0.5) is 4.39 Å². The Morgan fingerprint density at radius 2 is 1.82 bits per heavy atom. The lowest BCUT2D eigenvalue weighted by molar-refractivity contribution is 0.141. The lowest BCUT2D eigenvalue weighted by Crippen LogP contribution is -2.08. The van der Waals surface area contributed by atoms with Gasteiger partial charge in [0.05, 0.1) is 6.10 Å². The van der Waals surface area contributed by atoms with Crippen LogP contribution in [0.5, 0.6) is 0 Å². The van der Waals surface area contributed by atoms with Gasteiger partial charge in [0.15, 0.2) is 0 Å². The Bertz CT molecular complexity index is 360. The minimum Gasteiger partial charge on any atom is -0.388 e. The van der Waals surface area contributed by atoms with Crippen LogP contribution < -0.4 is 0 Å². The zero-order valence-electron chi connectivity index (χ0n) is 11.2. The smallest absolute Gasteiger partial charge is 0.123 e. The van der Waals surface area contributed by atoms with E-state index in [-0.39, 0.29) is 5.82 Å². The fourth-order valence-electron chi connectivity index (χ4n) is 2.38. The van der Waals surface area contributed by atoms with Gasteiger partial charge in [-0.1, -0.05) is 26.8 Å². The maximum Gasteiger partial charge on any atom is 0.123 e. The highest BCUT2D eigenvalue weighted by Crippen LogP contribution is 2.27. The van der Waals surface area contributed by atoms with Crippen molar-refractivity contribution in [2.24, 2.45) is 11.8 Å². The number of benzene rings is 1. The second kappa shape index (κ2) is 6.15. The molecule has 2 heteroatoms. The number of halogens is 1. The summed E-state index contributed by atoms with van der Waals surface area (Å²) in [6, 6.07) is 4.60. The van der Waals surface area contributed by atoms with Crippen LogP contribution in [0.1, 0.15) is 50.8 Å². The van der Waals surface area contributed by atoms with E-state index in [1.807, 2.05) is 6.92 Å². The van der Waals surface area contributed by atoms with Crippen LogP contribution in [-0.2, 0) is 0 Å². The van der Waals surface area contributed by atoms with Gasteiger partial charge in [-0.2, -0.15) is 0 Å². The first-order chi connectivity index (χ1) is 7.90. The van der Waals surface area contributed by atoms with Gasteiger partial charge in [0, 0.05) is 0 Å². The SMILES string of the molecule is Cc1ccc(F)cc1C(O)CC(C)CC(C)C. The van der Waals surface area contributed by atoms with E-state index in [2.05, 4.69) is 20.8 Å². The number of hydrogen-bond acceptors (Lipinski definition) is 1. The molecule has 0 spiro atoms. The Morgan fingerprint density at radius 1 is 1.18 bits per heavy atom. The Balaban J connectivity index is 2.69. The molecule has 0 aliphatic heterocycles. The summed E-state index contributed by atoms with van der Waals surface area (Å²) in [6.45, 7) is 8.40. The summed E-state index contributed by atoms with van der Waals surface area (Å²) in [4.78, 5) is 0. The maximum absolute atomic E-state index is 13.1. The molecule has 1 rings (SSSR count). The highest BCUT2D eigenvalue weighted by Gasteiger charge is 2.15. The molecule has 2 unspecified atom stereocenters.